The van der Waals surface area contributed by atoms with Gasteiger partial charge in [-0.1, -0.05) is 19.8 Å². The Kier molecular flexibility index (Phi) is 5.64. The number of hydrogen-bond donors (Lipinski definition) is 1. The Balaban J connectivity index is 1.70. The Labute approximate surface area is 122 Å². The molecule has 0 saturated heterocycles. The summed E-state index contributed by atoms with van der Waals surface area (Å²) in [5.41, 5.74) is 0. The smallest absolute Gasteiger partial charge is 0.141 e. The van der Waals surface area contributed by atoms with Gasteiger partial charge in [0, 0.05) is 18.7 Å². The predicted octanol–water partition coefficient (Wildman–Crippen LogP) is 4.14. The van der Waals surface area contributed by atoms with Crippen molar-refractivity contribution in [1.29, 1.82) is 0 Å². The molecular formula is C15H21BrFNO. The molecule has 2 rings (SSSR count). The molecule has 1 aromatic carbocycles. The van der Waals surface area contributed by atoms with Gasteiger partial charge in [-0.05, 0) is 46.8 Å². The molecule has 19 heavy (non-hydrogen) atoms. The number of nitrogens with one attached hydrogen (secondary N) is 1. The Morgan fingerprint density at radius 2 is 2.16 bits per heavy atom. The van der Waals surface area contributed by atoms with Crippen LogP contribution < -0.4 is 10.1 Å². The molecular weight excluding hydrogens is 309 g/mol. The molecule has 1 saturated carbocycles. The van der Waals surface area contributed by atoms with E-state index in [9.17, 15) is 4.39 Å². The van der Waals surface area contributed by atoms with Crippen LogP contribution in [0.5, 0.6) is 5.75 Å². The van der Waals surface area contributed by atoms with Crippen LogP contribution in [0.4, 0.5) is 4.39 Å². The van der Waals surface area contributed by atoms with Crippen LogP contribution in [0.2, 0.25) is 0 Å². The van der Waals surface area contributed by atoms with Gasteiger partial charge in [0.1, 0.15) is 18.2 Å². The van der Waals surface area contributed by atoms with E-state index < -0.39 is 0 Å². The molecule has 2 unspecified atom stereocenters. The van der Waals surface area contributed by atoms with Crippen LogP contribution in [0.3, 0.4) is 0 Å². The number of halogens is 2. The topological polar surface area (TPSA) is 21.3 Å². The lowest BCUT2D eigenvalue weighted by Crippen LogP contribution is -2.39. The van der Waals surface area contributed by atoms with Gasteiger partial charge >= 0.3 is 0 Å². The number of hydrogen-bond acceptors (Lipinski definition) is 2. The summed E-state index contributed by atoms with van der Waals surface area (Å²) in [6.45, 7) is 3.69. The third kappa shape index (κ3) is 4.46. The van der Waals surface area contributed by atoms with Gasteiger partial charge in [-0.2, -0.15) is 0 Å². The summed E-state index contributed by atoms with van der Waals surface area (Å²) in [5, 5.41) is 3.54. The SMILES string of the molecule is CC1CCCCC1NCCOc1ccc(Br)c(F)c1. The van der Waals surface area contributed by atoms with Gasteiger partial charge in [0.2, 0.25) is 0 Å². The fourth-order valence-corrected chi connectivity index (χ4v) is 2.85. The van der Waals surface area contributed by atoms with E-state index in [4.69, 9.17) is 4.74 Å². The van der Waals surface area contributed by atoms with Gasteiger partial charge in [0.15, 0.2) is 0 Å². The summed E-state index contributed by atoms with van der Waals surface area (Å²) in [5.74, 6) is 1.05. The van der Waals surface area contributed by atoms with Crippen molar-refractivity contribution >= 4 is 15.9 Å². The van der Waals surface area contributed by atoms with Crippen LogP contribution >= 0.6 is 15.9 Å². The first-order valence-electron chi connectivity index (χ1n) is 6.98. The molecule has 1 fully saturated rings. The monoisotopic (exact) mass is 329 g/mol. The lowest BCUT2D eigenvalue weighted by Gasteiger charge is -2.29. The second-order valence-electron chi connectivity index (χ2n) is 5.25. The van der Waals surface area contributed by atoms with E-state index in [1.165, 1.54) is 31.7 Å². The zero-order valence-corrected chi connectivity index (χ0v) is 12.9. The van der Waals surface area contributed by atoms with Gasteiger partial charge in [-0.3, -0.25) is 0 Å². The molecule has 106 valence electrons. The van der Waals surface area contributed by atoms with E-state index in [2.05, 4.69) is 28.2 Å². The predicted molar refractivity (Wildman–Crippen MR) is 79.0 cm³/mol. The van der Waals surface area contributed by atoms with Gasteiger partial charge in [0.05, 0.1) is 4.47 Å². The van der Waals surface area contributed by atoms with Crippen molar-refractivity contribution in [1.82, 2.24) is 5.32 Å². The molecule has 0 bridgehead atoms. The van der Waals surface area contributed by atoms with Gasteiger partial charge in [-0.25, -0.2) is 4.39 Å². The summed E-state index contributed by atoms with van der Waals surface area (Å²) in [7, 11) is 0. The number of benzene rings is 1. The average molecular weight is 330 g/mol. The summed E-state index contributed by atoms with van der Waals surface area (Å²) >= 11 is 3.13. The van der Waals surface area contributed by atoms with E-state index in [0.29, 0.717) is 22.9 Å². The molecule has 0 amide bonds. The maximum atomic E-state index is 13.3. The van der Waals surface area contributed by atoms with Crippen molar-refractivity contribution in [3.8, 4) is 5.75 Å². The molecule has 0 spiro atoms. The van der Waals surface area contributed by atoms with Crippen molar-refractivity contribution in [2.75, 3.05) is 13.2 Å². The van der Waals surface area contributed by atoms with Crippen molar-refractivity contribution in [2.45, 2.75) is 38.6 Å². The normalized spacial score (nSPS) is 23.3. The van der Waals surface area contributed by atoms with Crippen LogP contribution in [0.15, 0.2) is 22.7 Å². The van der Waals surface area contributed by atoms with Crippen molar-refractivity contribution in [2.24, 2.45) is 5.92 Å². The maximum absolute atomic E-state index is 13.3. The highest BCUT2D eigenvalue weighted by molar-refractivity contribution is 9.10. The Morgan fingerprint density at radius 3 is 2.89 bits per heavy atom. The van der Waals surface area contributed by atoms with E-state index in [1.54, 1.807) is 12.1 Å². The molecule has 0 aliphatic heterocycles. The lowest BCUT2D eigenvalue weighted by molar-refractivity contribution is 0.251. The molecule has 2 nitrogen and oxygen atoms in total. The summed E-state index contributed by atoms with van der Waals surface area (Å²) < 4.78 is 19.3. The van der Waals surface area contributed by atoms with E-state index in [-0.39, 0.29) is 5.82 Å². The zero-order valence-electron chi connectivity index (χ0n) is 11.3. The third-order valence-electron chi connectivity index (χ3n) is 3.78. The summed E-state index contributed by atoms with van der Waals surface area (Å²) in [6.07, 6.45) is 5.25. The molecule has 2 atom stereocenters. The number of rotatable bonds is 5. The highest BCUT2D eigenvalue weighted by atomic mass is 79.9. The molecule has 1 aromatic rings. The molecule has 0 heterocycles. The van der Waals surface area contributed by atoms with Crippen molar-refractivity contribution in [3.63, 3.8) is 0 Å². The van der Waals surface area contributed by atoms with Crippen molar-refractivity contribution < 1.29 is 9.13 Å². The van der Waals surface area contributed by atoms with Gasteiger partial charge in [-0.15, -0.1) is 0 Å². The first-order valence-corrected chi connectivity index (χ1v) is 7.77. The molecule has 1 aliphatic rings. The van der Waals surface area contributed by atoms with Crippen LogP contribution in [-0.2, 0) is 0 Å². The van der Waals surface area contributed by atoms with Crippen LogP contribution in [0, 0.1) is 11.7 Å². The second kappa shape index (κ2) is 7.25. The summed E-state index contributed by atoms with van der Waals surface area (Å²) in [4.78, 5) is 0. The van der Waals surface area contributed by atoms with E-state index in [1.807, 2.05) is 0 Å². The Bertz CT molecular complexity index is 413. The quantitative estimate of drug-likeness (QED) is 0.820. The third-order valence-corrected chi connectivity index (χ3v) is 4.42. The highest BCUT2D eigenvalue weighted by Gasteiger charge is 2.20. The van der Waals surface area contributed by atoms with Crippen LogP contribution in [0.25, 0.3) is 0 Å². The largest absolute Gasteiger partial charge is 0.492 e. The zero-order chi connectivity index (χ0) is 13.7. The maximum Gasteiger partial charge on any atom is 0.141 e. The molecule has 0 aromatic heterocycles. The Morgan fingerprint density at radius 1 is 1.37 bits per heavy atom. The first-order chi connectivity index (χ1) is 9.16. The minimum absolute atomic E-state index is 0.286. The molecule has 4 heteroatoms. The standard InChI is InChI=1S/C15H21BrFNO/c1-11-4-2-3-5-15(11)18-8-9-19-12-6-7-13(16)14(17)10-12/h6-7,10-11,15,18H,2-5,8-9H2,1H3. The Hall–Kier alpha value is -0.610. The van der Waals surface area contributed by atoms with Crippen LogP contribution in [-0.4, -0.2) is 19.2 Å². The van der Waals surface area contributed by atoms with Gasteiger partial charge in [0.25, 0.3) is 0 Å². The van der Waals surface area contributed by atoms with Crippen molar-refractivity contribution in [3.05, 3.63) is 28.5 Å². The summed E-state index contributed by atoms with van der Waals surface area (Å²) in [6, 6.07) is 5.46. The highest BCUT2D eigenvalue weighted by Crippen LogP contribution is 2.23. The molecule has 1 N–H and O–H groups in total. The number of ether oxygens (including phenoxy) is 1. The molecule has 1 aliphatic carbocycles. The van der Waals surface area contributed by atoms with E-state index in [0.717, 1.165) is 12.5 Å². The van der Waals surface area contributed by atoms with E-state index >= 15 is 0 Å². The second-order valence-corrected chi connectivity index (χ2v) is 6.10. The average Bonchev–Trinajstić information content (AvgIpc) is 2.40. The lowest BCUT2D eigenvalue weighted by atomic mass is 9.86. The molecule has 0 radical (unpaired) electrons. The fourth-order valence-electron chi connectivity index (χ4n) is 2.60. The van der Waals surface area contributed by atoms with Crippen LogP contribution in [0.1, 0.15) is 32.6 Å². The minimum atomic E-state index is -0.286. The fraction of sp³-hybridized carbons (Fsp3) is 0.600. The van der Waals surface area contributed by atoms with Gasteiger partial charge < -0.3 is 10.1 Å². The first kappa shape index (κ1) is 14.8. The minimum Gasteiger partial charge on any atom is -0.492 e.